The van der Waals surface area contributed by atoms with Gasteiger partial charge in [0.05, 0.1) is 11.8 Å². The Hall–Kier alpha value is -1.42. The Morgan fingerprint density at radius 2 is 2.00 bits per heavy atom. The van der Waals surface area contributed by atoms with Crippen LogP contribution in [0.2, 0.25) is 5.15 Å². The average Bonchev–Trinajstić information content (AvgIpc) is 2.63. The Bertz CT molecular complexity index is 522. The molecule has 0 atom stereocenters. The van der Waals surface area contributed by atoms with E-state index in [1.807, 2.05) is 20.2 Å². The van der Waals surface area contributed by atoms with E-state index in [0.717, 1.165) is 16.8 Å². The summed E-state index contributed by atoms with van der Waals surface area (Å²) in [6.07, 6.45) is 3.61. The first-order valence-corrected chi connectivity index (χ1v) is 5.90. The van der Waals surface area contributed by atoms with E-state index >= 15 is 0 Å². The van der Waals surface area contributed by atoms with E-state index < -0.39 is 0 Å². The van der Waals surface area contributed by atoms with Crippen LogP contribution < -0.4 is 0 Å². The molecule has 2 aromatic rings. The molecule has 0 aliphatic carbocycles. The maximum absolute atomic E-state index is 6.21. The molecule has 0 fully saturated rings. The van der Waals surface area contributed by atoms with Crippen LogP contribution in [0.25, 0.3) is 11.4 Å². The second kappa shape index (κ2) is 4.45. The molecule has 0 spiro atoms. The molecule has 5 heteroatoms. The molecule has 0 bridgehead atoms. The third kappa shape index (κ3) is 2.31. The third-order valence-corrected chi connectivity index (χ3v) is 2.92. The van der Waals surface area contributed by atoms with Crippen LogP contribution in [0.3, 0.4) is 0 Å². The van der Waals surface area contributed by atoms with Crippen LogP contribution >= 0.6 is 11.6 Å². The maximum atomic E-state index is 6.21. The Labute approximate surface area is 106 Å². The molecule has 2 rings (SSSR count). The SMILES string of the molecule is Cc1nc(-c2cnn(C)c2)nc(Cl)c1C(C)C. The lowest BCUT2D eigenvalue weighted by molar-refractivity contribution is 0.768. The summed E-state index contributed by atoms with van der Waals surface area (Å²) in [6.45, 7) is 6.13. The van der Waals surface area contributed by atoms with E-state index in [0.29, 0.717) is 16.9 Å². The van der Waals surface area contributed by atoms with Gasteiger partial charge in [-0.25, -0.2) is 9.97 Å². The van der Waals surface area contributed by atoms with Crippen LogP contribution in [0.1, 0.15) is 31.0 Å². The number of aromatic nitrogens is 4. The van der Waals surface area contributed by atoms with Crippen LogP contribution in [0, 0.1) is 6.92 Å². The molecule has 90 valence electrons. The van der Waals surface area contributed by atoms with E-state index in [1.54, 1.807) is 10.9 Å². The minimum Gasteiger partial charge on any atom is -0.275 e. The molecule has 0 saturated heterocycles. The van der Waals surface area contributed by atoms with Crippen molar-refractivity contribution in [1.29, 1.82) is 0 Å². The monoisotopic (exact) mass is 250 g/mol. The van der Waals surface area contributed by atoms with Gasteiger partial charge in [-0.3, -0.25) is 4.68 Å². The van der Waals surface area contributed by atoms with Gasteiger partial charge in [0, 0.05) is 24.5 Å². The second-order valence-corrected chi connectivity index (χ2v) is 4.75. The van der Waals surface area contributed by atoms with Crippen LogP contribution in [0.4, 0.5) is 0 Å². The quantitative estimate of drug-likeness (QED) is 0.770. The van der Waals surface area contributed by atoms with Crippen LogP contribution in [0.15, 0.2) is 12.4 Å². The van der Waals surface area contributed by atoms with Gasteiger partial charge in [0.2, 0.25) is 0 Å². The van der Waals surface area contributed by atoms with E-state index in [2.05, 4.69) is 28.9 Å². The van der Waals surface area contributed by atoms with Gasteiger partial charge in [-0.05, 0) is 12.8 Å². The van der Waals surface area contributed by atoms with Gasteiger partial charge in [0.25, 0.3) is 0 Å². The largest absolute Gasteiger partial charge is 0.275 e. The summed E-state index contributed by atoms with van der Waals surface area (Å²) in [7, 11) is 1.86. The van der Waals surface area contributed by atoms with E-state index in [-0.39, 0.29) is 0 Å². The molecule has 4 nitrogen and oxygen atoms in total. The highest BCUT2D eigenvalue weighted by molar-refractivity contribution is 6.30. The van der Waals surface area contributed by atoms with Gasteiger partial charge in [-0.1, -0.05) is 25.4 Å². The predicted octanol–water partition coefficient (Wildman–Crippen LogP) is 2.96. The summed E-state index contributed by atoms with van der Waals surface area (Å²) >= 11 is 6.21. The first kappa shape index (κ1) is 12.0. The summed E-state index contributed by atoms with van der Waals surface area (Å²) in [4.78, 5) is 8.83. The fourth-order valence-electron chi connectivity index (χ4n) is 1.87. The number of rotatable bonds is 2. The highest BCUT2D eigenvalue weighted by Crippen LogP contribution is 2.27. The van der Waals surface area contributed by atoms with Gasteiger partial charge >= 0.3 is 0 Å². The standard InChI is InChI=1S/C12H15ClN4/c1-7(2)10-8(3)15-12(16-11(10)13)9-5-14-17(4)6-9/h5-7H,1-4H3. The third-order valence-electron chi connectivity index (χ3n) is 2.63. The zero-order chi connectivity index (χ0) is 12.6. The number of hydrogen-bond acceptors (Lipinski definition) is 3. The minimum atomic E-state index is 0.324. The lowest BCUT2D eigenvalue weighted by atomic mass is 10.0. The summed E-state index contributed by atoms with van der Waals surface area (Å²) in [5, 5.41) is 4.64. The summed E-state index contributed by atoms with van der Waals surface area (Å²) < 4.78 is 1.72. The Morgan fingerprint density at radius 1 is 1.29 bits per heavy atom. The molecule has 0 aliphatic heterocycles. The lowest BCUT2D eigenvalue weighted by Gasteiger charge is -2.11. The van der Waals surface area contributed by atoms with Crippen molar-refractivity contribution < 1.29 is 0 Å². The lowest BCUT2D eigenvalue weighted by Crippen LogP contribution is -2.01. The normalized spacial score (nSPS) is 11.2. The molecule has 0 aliphatic rings. The fraction of sp³-hybridized carbons (Fsp3) is 0.417. The number of halogens is 1. The van der Waals surface area contributed by atoms with Crippen molar-refractivity contribution in [3.05, 3.63) is 28.8 Å². The second-order valence-electron chi connectivity index (χ2n) is 4.39. The number of hydrogen-bond donors (Lipinski definition) is 0. The topological polar surface area (TPSA) is 43.6 Å². The van der Waals surface area contributed by atoms with E-state index in [9.17, 15) is 0 Å². The average molecular weight is 251 g/mol. The fourth-order valence-corrected chi connectivity index (χ4v) is 2.30. The molecule has 0 radical (unpaired) electrons. The summed E-state index contributed by atoms with van der Waals surface area (Å²) in [6, 6.07) is 0. The first-order chi connectivity index (χ1) is 7.99. The van der Waals surface area contributed by atoms with Crippen molar-refractivity contribution in [1.82, 2.24) is 19.7 Å². The zero-order valence-electron chi connectivity index (χ0n) is 10.4. The van der Waals surface area contributed by atoms with E-state index in [4.69, 9.17) is 11.6 Å². The van der Waals surface area contributed by atoms with Crippen molar-refractivity contribution >= 4 is 11.6 Å². The van der Waals surface area contributed by atoms with Crippen molar-refractivity contribution in [3.8, 4) is 11.4 Å². The Balaban J connectivity index is 2.52. The first-order valence-electron chi connectivity index (χ1n) is 5.52. The van der Waals surface area contributed by atoms with Crippen LogP contribution in [-0.2, 0) is 7.05 Å². The molecule has 2 heterocycles. The molecule has 0 aromatic carbocycles. The molecule has 0 saturated carbocycles. The van der Waals surface area contributed by atoms with Crippen molar-refractivity contribution in [2.24, 2.45) is 7.05 Å². The maximum Gasteiger partial charge on any atom is 0.164 e. The zero-order valence-corrected chi connectivity index (χ0v) is 11.2. The molecule has 0 N–H and O–H groups in total. The predicted molar refractivity (Wildman–Crippen MR) is 68.1 cm³/mol. The smallest absolute Gasteiger partial charge is 0.164 e. The highest BCUT2D eigenvalue weighted by atomic mass is 35.5. The molecular weight excluding hydrogens is 236 g/mol. The number of aryl methyl sites for hydroxylation is 2. The van der Waals surface area contributed by atoms with E-state index in [1.165, 1.54) is 0 Å². The Kier molecular flexibility index (Phi) is 3.15. The van der Waals surface area contributed by atoms with Crippen LogP contribution in [0.5, 0.6) is 0 Å². The molecule has 17 heavy (non-hydrogen) atoms. The van der Waals surface area contributed by atoms with Gasteiger partial charge in [-0.2, -0.15) is 5.10 Å². The molecule has 2 aromatic heterocycles. The van der Waals surface area contributed by atoms with Crippen molar-refractivity contribution in [2.75, 3.05) is 0 Å². The van der Waals surface area contributed by atoms with Crippen LogP contribution in [-0.4, -0.2) is 19.7 Å². The van der Waals surface area contributed by atoms with Crippen molar-refractivity contribution in [2.45, 2.75) is 26.7 Å². The van der Waals surface area contributed by atoms with Gasteiger partial charge < -0.3 is 0 Å². The van der Waals surface area contributed by atoms with Gasteiger partial charge in [0.15, 0.2) is 5.82 Å². The molecule has 0 unspecified atom stereocenters. The molecule has 0 amide bonds. The summed E-state index contributed by atoms with van der Waals surface area (Å²) in [5.74, 6) is 0.954. The molecular formula is C12H15ClN4. The Morgan fingerprint density at radius 3 is 2.47 bits per heavy atom. The van der Waals surface area contributed by atoms with Crippen molar-refractivity contribution in [3.63, 3.8) is 0 Å². The minimum absolute atomic E-state index is 0.324. The highest BCUT2D eigenvalue weighted by Gasteiger charge is 2.14. The van der Waals surface area contributed by atoms with Gasteiger partial charge in [-0.15, -0.1) is 0 Å². The summed E-state index contributed by atoms with van der Waals surface area (Å²) in [5.41, 5.74) is 2.82. The van der Waals surface area contributed by atoms with Gasteiger partial charge in [0.1, 0.15) is 5.15 Å². The number of nitrogens with zero attached hydrogens (tertiary/aromatic N) is 4.